The summed E-state index contributed by atoms with van der Waals surface area (Å²) in [7, 11) is 0. The molecule has 0 amide bonds. The molecule has 0 spiro atoms. The molecule has 0 radical (unpaired) electrons. The van der Waals surface area contributed by atoms with Crippen LogP contribution in [0.3, 0.4) is 0 Å². The monoisotopic (exact) mass is 780 g/mol. The van der Waals surface area contributed by atoms with E-state index in [0.717, 1.165) is 40.3 Å². The van der Waals surface area contributed by atoms with Crippen molar-refractivity contribution >= 4 is 5.57 Å². The quantitative estimate of drug-likeness (QED) is 0.169. The summed E-state index contributed by atoms with van der Waals surface area (Å²) in [4.78, 5) is 17.6. The van der Waals surface area contributed by atoms with Crippen molar-refractivity contribution in [1.29, 1.82) is 0 Å². The number of allylic oxidation sites excluding steroid dienone is 4. The molecule has 1 atom stereocenters. The summed E-state index contributed by atoms with van der Waals surface area (Å²) in [5.74, 6) is 0.434. The Balaban J connectivity index is 0.000000136. The summed E-state index contributed by atoms with van der Waals surface area (Å²) in [6, 6.07) is 51.0. The number of rotatable bonds is 6. The highest BCUT2D eigenvalue weighted by molar-refractivity contribution is 5.75. The van der Waals surface area contributed by atoms with Gasteiger partial charge in [-0.3, -0.25) is 19.9 Å². The topological polar surface area (TPSA) is 51.6 Å². The fourth-order valence-electron chi connectivity index (χ4n) is 7.30. The van der Waals surface area contributed by atoms with Crippen molar-refractivity contribution in [3.63, 3.8) is 0 Å². The lowest BCUT2D eigenvalue weighted by molar-refractivity contribution is 0.847. The predicted molar refractivity (Wildman–Crippen MR) is 252 cm³/mol. The van der Waals surface area contributed by atoms with E-state index in [1.54, 1.807) is 0 Å². The molecule has 0 fully saturated rings. The molecule has 4 heterocycles. The lowest BCUT2D eigenvalue weighted by Crippen LogP contribution is -2.00. The molecule has 60 heavy (non-hydrogen) atoms. The molecule has 4 aromatic heterocycles. The van der Waals surface area contributed by atoms with Gasteiger partial charge in [0.05, 0.1) is 11.4 Å². The van der Waals surface area contributed by atoms with Crippen molar-refractivity contribution in [3.8, 4) is 44.8 Å². The van der Waals surface area contributed by atoms with Gasteiger partial charge in [0.2, 0.25) is 0 Å². The Bertz CT molecular complexity index is 2480. The Kier molecular flexibility index (Phi) is 13.4. The van der Waals surface area contributed by atoms with Crippen LogP contribution in [0.15, 0.2) is 189 Å². The molecule has 0 N–H and O–H groups in total. The summed E-state index contributed by atoms with van der Waals surface area (Å²) in [6.07, 6.45) is 15.5. The van der Waals surface area contributed by atoms with E-state index in [-0.39, 0.29) is 0 Å². The van der Waals surface area contributed by atoms with Gasteiger partial charge in [0.15, 0.2) is 0 Å². The molecule has 1 aliphatic carbocycles. The molecule has 296 valence electrons. The molecule has 9 rings (SSSR count). The van der Waals surface area contributed by atoms with E-state index in [4.69, 9.17) is 0 Å². The van der Waals surface area contributed by atoms with Crippen LogP contribution in [-0.4, -0.2) is 19.9 Å². The Labute approximate surface area is 356 Å². The first-order valence-corrected chi connectivity index (χ1v) is 20.6. The standard InChI is InChI=1S/C20H18.C18H18N2.C18H16N2/c1-15-5-3-7-19(13-15)17-9-11-18(12-10-17)20-8-4-6-16(2)14-20;1-13-7-17(11-19-9-13)15-3-5-16(6-4-15)18-8-14(2)10-20-12-18;1-13-5-3-7-17(19-13)15-9-11-16(12-10-15)18-8-4-6-14(2)20-18/h3-14H,1-2H3;3-5,7-12,16H,6H2,1-2H3;3-12H,1-2H3. The van der Waals surface area contributed by atoms with E-state index in [0.29, 0.717) is 5.92 Å². The van der Waals surface area contributed by atoms with E-state index >= 15 is 0 Å². The van der Waals surface area contributed by atoms with Gasteiger partial charge in [0, 0.05) is 53.2 Å². The minimum absolute atomic E-state index is 0.434. The van der Waals surface area contributed by atoms with Gasteiger partial charge >= 0.3 is 0 Å². The van der Waals surface area contributed by atoms with Gasteiger partial charge in [0.25, 0.3) is 0 Å². The highest BCUT2D eigenvalue weighted by atomic mass is 14.7. The maximum Gasteiger partial charge on any atom is 0.0705 e. The van der Waals surface area contributed by atoms with E-state index in [1.807, 2.05) is 75.0 Å². The molecule has 0 saturated heterocycles. The highest BCUT2D eigenvalue weighted by Crippen LogP contribution is 2.31. The normalized spacial score (nSPS) is 13.0. The number of benzene rings is 4. The van der Waals surface area contributed by atoms with Crippen LogP contribution in [0.25, 0.3) is 50.3 Å². The van der Waals surface area contributed by atoms with Crippen LogP contribution in [0.4, 0.5) is 0 Å². The van der Waals surface area contributed by atoms with Crippen molar-refractivity contribution in [1.82, 2.24) is 19.9 Å². The van der Waals surface area contributed by atoms with Gasteiger partial charge in [-0.2, -0.15) is 0 Å². The van der Waals surface area contributed by atoms with Crippen LogP contribution < -0.4 is 0 Å². The van der Waals surface area contributed by atoms with E-state index in [1.165, 1.54) is 61.2 Å². The maximum atomic E-state index is 4.54. The molecule has 8 aromatic rings. The zero-order chi connectivity index (χ0) is 41.8. The second-order valence-electron chi connectivity index (χ2n) is 15.6. The van der Waals surface area contributed by atoms with Crippen LogP contribution in [0, 0.1) is 41.5 Å². The first-order valence-electron chi connectivity index (χ1n) is 20.6. The minimum atomic E-state index is 0.434. The number of hydrogen-bond donors (Lipinski definition) is 0. The Morgan fingerprint density at radius 1 is 0.400 bits per heavy atom. The molecule has 1 unspecified atom stereocenters. The van der Waals surface area contributed by atoms with Gasteiger partial charge in [-0.1, -0.05) is 145 Å². The maximum absolute atomic E-state index is 4.54. The second kappa shape index (κ2) is 19.6. The van der Waals surface area contributed by atoms with Gasteiger partial charge < -0.3 is 0 Å². The molecule has 4 heteroatoms. The number of hydrogen-bond acceptors (Lipinski definition) is 4. The summed E-state index contributed by atoms with van der Waals surface area (Å²) >= 11 is 0. The second-order valence-corrected chi connectivity index (χ2v) is 15.6. The van der Waals surface area contributed by atoms with Gasteiger partial charge in [-0.25, -0.2) is 0 Å². The van der Waals surface area contributed by atoms with Gasteiger partial charge in [-0.15, -0.1) is 0 Å². The third-order valence-corrected chi connectivity index (χ3v) is 10.5. The lowest BCUT2D eigenvalue weighted by Gasteiger charge is -2.17. The van der Waals surface area contributed by atoms with E-state index in [2.05, 4.69) is 175 Å². The van der Waals surface area contributed by atoms with E-state index in [9.17, 15) is 0 Å². The summed E-state index contributed by atoms with van der Waals surface area (Å²) < 4.78 is 0. The number of nitrogens with zero attached hydrogens (tertiary/aromatic N) is 4. The number of aryl methyl sites for hydroxylation is 6. The van der Waals surface area contributed by atoms with Crippen molar-refractivity contribution in [3.05, 3.63) is 233 Å². The molecule has 0 saturated carbocycles. The molecular weight excluding hydrogens is 729 g/mol. The van der Waals surface area contributed by atoms with Crippen LogP contribution >= 0.6 is 0 Å². The highest BCUT2D eigenvalue weighted by Gasteiger charge is 2.13. The average Bonchev–Trinajstić information content (AvgIpc) is 3.27. The Hall–Kier alpha value is -7.04. The third-order valence-electron chi connectivity index (χ3n) is 10.5. The summed E-state index contributed by atoms with van der Waals surface area (Å²) in [5.41, 5.74) is 20.2. The smallest absolute Gasteiger partial charge is 0.0705 e. The van der Waals surface area contributed by atoms with Crippen molar-refractivity contribution in [2.24, 2.45) is 0 Å². The van der Waals surface area contributed by atoms with Crippen molar-refractivity contribution < 1.29 is 0 Å². The fourth-order valence-corrected chi connectivity index (χ4v) is 7.30. The average molecular weight is 781 g/mol. The Morgan fingerprint density at radius 3 is 1.32 bits per heavy atom. The summed E-state index contributed by atoms with van der Waals surface area (Å²) in [5, 5.41) is 0. The van der Waals surface area contributed by atoms with Crippen LogP contribution in [0.5, 0.6) is 0 Å². The minimum Gasteiger partial charge on any atom is -0.264 e. The molecular formula is C56H52N4. The third kappa shape index (κ3) is 11.1. The number of aromatic nitrogens is 4. The molecule has 0 aliphatic heterocycles. The fraction of sp³-hybridized carbons (Fsp3) is 0.143. The van der Waals surface area contributed by atoms with Crippen molar-refractivity contribution in [2.45, 2.75) is 53.9 Å². The molecule has 4 nitrogen and oxygen atoms in total. The predicted octanol–water partition coefficient (Wildman–Crippen LogP) is 14.3. The molecule has 4 aromatic carbocycles. The molecule has 1 aliphatic rings. The van der Waals surface area contributed by atoms with Crippen LogP contribution in [0.2, 0.25) is 0 Å². The summed E-state index contributed by atoms with van der Waals surface area (Å²) in [6.45, 7) is 12.4. The van der Waals surface area contributed by atoms with E-state index < -0.39 is 0 Å². The van der Waals surface area contributed by atoms with Crippen LogP contribution in [-0.2, 0) is 0 Å². The molecule has 0 bridgehead atoms. The zero-order valence-electron chi connectivity index (χ0n) is 35.5. The number of pyridine rings is 4. The van der Waals surface area contributed by atoms with Gasteiger partial charge in [0.1, 0.15) is 0 Å². The largest absolute Gasteiger partial charge is 0.264 e. The first-order chi connectivity index (χ1) is 29.2. The van der Waals surface area contributed by atoms with Crippen molar-refractivity contribution in [2.75, 3.05) is 0 Å². The zero-order valence-corrected chi connectivity index (χ0v) is 35.5. The van der Waals surface area contributed by atoms with Crippen LogP contribution in [0.1, 0.15) is 57.1 Å². The Morgan fingerprint density at radius 2 is 0.867 bits per heavy atom. The van der Waals surface area contributed by atoms with Gasteiger partial charge in [-0.05, 0) is 128 Å². The first kappa shape index (κ1) is 41.1. The lowest BCUT2D eigenvalue weighted by atomic mass is 9.89. The SMILES string of the molecule is Cc1cccc(-c2ccc(-c3cccc(C)c3)cc2)c1.Cc1cccc(-c2ccc(-c3cccc(C)n3)cc2)n1.Cc1cncc(C2=CCC(c3cncc(C)c3)C=C2)c1.